The number of nitrogens with one attached hydrogen (secondary N) is 1. The Labute approximate surface area is 129 Å². The molecule has 0 radical (unpaired) electrons. The van der Waals surface area contributed by atoms with Crippen LogP contribution in [-0.2, 0) is 6.54 Å². The largest absolute Gasteiger partial charge is 0.507 e. The molecule has 1 fully saturated rings. The van der Waals surface area contributed by atoms with E-state index in [9.17, 15) is 5.11 Å². The number of benzene rings is 1. The zero-order chi connectivity index (χ0) is 15.5. The molecule has 2 N–H and O–H groups in total. The fraction of sp³-hybridized carbons (Fsp3) is 0.667. The van der Waals surface area contributed by atoms with Crippen molar-refractivity contribution in [2.45, 2.75) is 51.6 Å². The van der Waals surface area contributed by atoms with E-state index in [4.69, 9.17) is 0 Å². The van der Waals surface area contributed by atoms with Crippen LogP contribution in [-0.4, -0.2) is 36.2 Å². The van der Waals surface area contributed by atoms with Gasteiger partial charge in [-0.1, -0.05) is 38.0 Å². The van der Waals surface area contributed by atoms with E-state index in [0.717, 1.165) is 30.1 Å². The summed E-state index contributed by atoms with van der Waals surface area (Å²) in [6.07, 6.45) is 5.19. The SMILES string of the molecule is Cc1cccc(CNCC2(N(C)C)CCCC(C)C2)c1O. The summed E-state index contributed by atoms with van der Waals surface area (Å²) in [7, 11) is 4.40. The Balaban J connectivity index is 1.98. The van der Waals surface area contributed by atoms with Crippen molar-refractivity contribution in [3.8, 4) is 5.75 Å². The number of aryl methyl sites for hydroxylation is 1. The average molecular weight is 290 g/mol. The van der Waals surface area contributed by atoms with Crippen molar-refractivity contribution in [1.82, 2.24) is 10.2 Å². The zero-order valence-corrected chi connectivity index (χ0v) is 13.9. The molecule has 2 unspecified atom stereocenters. The summed E-state index contributed by atoms with van der Waals surface area (Å²) in [5.74, 6) is 1.23. The van der Waals surface area contributed by atoms with E-state index in [2.05, 4.69) is 31.2 Å². The fourth-order valence-electron chi connectivity index (χ4n) is 3.65. The van der Waals surface area contributed by atoms with Crippen LogP contribution in [0.3, 0.4) is 0 Å². The summed E-state index contributed by atoms with van der Waals surface area (Å²) in [5.41, 5.74) is 2.20. The third-order valence-corrected chi connectivity index (χ3v) is 5.11. The molecule has 0 amide bonds. The van der Waals surface area contributed by atoms with Gasteiger partial charge < -0.3 is 15.3 Å². The fourth-order valence-corrected chi connectivity index (χ4v) is 3.65. The Morgan fingerprint density at radius 1 is 1.38 bits per heavy atom. The number of nitrogens with zero attached hydrogens (tertiary/aromatic N) is 1. The number of likely N-dealkylation sites (N-methyl/N-ethyl adjacent to an activating group) is 1. The molecule has 118 valence electrons. The molecule has 0 bridgehead atoms. The smallest absolute Gasteiger partial charge is 0.122 e. The summed E-state index contributed by atoms with van der Waals surface area (Å²) in [6, 6.07) is 5.96. The first-order chi connectivity index (χ1) is 9.94. The van der Waals surface area contributed by atoms with Crippen LogP contribution in [0.25, 0.3) is 0 Å². The lowest BCUT2D eigenvalue weighted by molar-refractivity contribution is 0.0749. The molecule has 1 aliphatic rings. The maximum Gasteiger partial charge on any atom is 0.122 e. The first-order valence-corrected chi connectivity index (χ1v) is 8.10. The molecule has 3 nitrogen and oxygen atoms in total. The number of rotatable bonds is 5. The van der Waals surface area contributed by atoms with Crippen LogP contribution in [0.2, 0.25) is 0 Å². The van der Waals surface area contributed by atoms with Gasteiger partial charge in [-0.25, -0.2) is 0 Å². The highest BCUT2D eigenvalue weighted by atomic mass is 16.3. The van der Waals surface area contributed by atoms with Crippen LogP contribution in [0.4, 0.5) is 0 Å². The summed E-state index contributed by atoms with van der Waals surface area (Å²) >= 11 is 0. The van der Waals surface area contributed by atoms with Gasteiger partial charge in [0.2, 0.25) is 0 Å². The standard InChI is InChI=1S/C18H30N2O/c1-14-7-6-10-18(11-14,20(3)4)13-19-12-16-9-5-8-15(2)17(16)21/h5,8-9,14,19,21H,6-7,10-13H2,1-4H3. The molecule has 1 aromatic rings. The number of phenolic OH excluding ortho intramolecular Hbond substituents is 1. The maximum atomic E-state index is 10.1. The van der Waals surface area contributed by atoms with Crippen molar-refractivity contribution in [2.75, 3.05) is 20.6 Å². The Bertz CT molecular complexity index is 472. The number of aromatic hydroxyl groups is 1. The number of hydrogen-bond donors (Lipinski definition) is 2. The number of phenols is 1. The Hall–Kier alpha value is -1.06. The van der Waals surface area contributed by atoms with Crippen molar-refractivity contribution >= 4 is 0 Å². The van der Waals surface area contributed by atoms with E-state index in [1.807, 2.05) is 25.1 Å². The van der Waals surface area contributed by atoms with Crippen molar-refractivity contribution in [3.63, 3.8) is 0 Å². The van der Waals surface area contributed by atoms with Crippen LogP contribution in [0.15, 0.2) is 18.2 Å². The van der Waals surface area contributed by atoms with Gasteiger partial charge in [0.25, 0.3) is 0 Å². The van der Waals surface area contributed by atoms with Crippen LogP contribution in [0.5, 0.6) is 5.75 Å². The molecule has 3 heteroatoms. The molecular weight excluding hydrogens is 260 g/mol. The lowest BCUT2D eigenvalue weighted by Crippen LogP contribution is -2.54. The van der Waals surface area contributed by atoms with Gasteiger partial charge in [0.05, 0.1) is 0 Å². The summed E-state index contributed by atoms with van der Waals surface area (Å²) in [5, 5.41) is 13.7. The van der Waals surface area contributed by atoms with E-state index in [0.29, 0.717) is 5.75 Å². The Morgan fingerprint density at radius 2 is 2.14 bits per heavy atom. The molecule has 2 atom stereocenters. The first-order valence-electron chi connectivity index (χ1n) is 8.10. The van der Waals surface area contributed by atoms with Crippen LogP contribution < -0.4 is 5.32 Å². The second-order valence-electron chi connectivity index (χ2n) is 7.01. The predicted molar refractivity (Wildman–Crippen MR) is 88.6 cm³/mol. The van der Waals surface area contributed by atoms with Gasteiger partial charge in [-0.15, -0.1) is 0 Å². The summed E-state index contributed by atoms with van der Waals surface area (Å²) < 4.78 is 0. The highest BCUT2D eigenvalue weighted by Gasteiger charge is 2.36. The van der Waals surface area contributed by atoms with E-state index in [-0.39, 0.29) is 5.54 Å². The highest BCUT2D eigenvalue weighted by molar-refractivity contribution is 5.39. The van der Waals surface area contributed by atoms with Gasteiger partial charge in [-0.2, -0.15) is 0 Å². The van der Waals surface area contributed by atoms with Crippen LogP contribution in [0, 0.1) is 12.8 Å². The molecule has 0 heterocycles. The Kier molecular flexibility index (Phi) is 5.28. The lowest BCUT2D eigenvalue weighted by atomic mass is 9.75. The topological polar surface area (TPSA) is 35.5 Å². The van der Waals surface area contributed by atoms with Crippen molar-refractivity contribution in [1.29, 1.82) is 0 Å². The number of para-hydroxylation sites is 1. The molecule has 0 saturated heterocycles. The number of hydrogen-bond acceptors (Lipinski definition) is 3. The van der Waals surface area contributed by atoms with Gasteiger partial charge in [0, 0.05) is 24.2 Å². The summed E-state index contributed by atoms with van der Waals surface area (Å²) in [4.78, 5) is 2.39. The van der Waals surface area contributed by atoms with E-state index in [1.165, 1.54) is 25.7 Å². The van der Waals surface area contributed by atoms with Gasteiger partial charge in [-0.3, -0.25) is 0 Å². The molecule has 1 saturated carbocycles. The maximum absolute atomic E-state index is 10.1. The minimum atomic E-state index is 0.261. The minimum Gasteiger partial charge on any atom is -0.507 e. The molecule has 0 aliphatic heterocycles. The monoisotopic (exact) mass is 290 g/mol. The van der Waals surface area contributed by atoms with Crippen LogP contribution >= 0.6 is 0 Å². The highest BCUT2D eigenvalue weighted by Crippen LogP contribution is 2.35. The van der Waals surface area contributed by atoms with Gasteiger partial charge >= 0.3 is 0 Å². The van der Waals surface area contributed by atoms with Crippen LogP contribution in [0.1, 0.15) is 43.7 Å². The van der Waals surface area contributed by atoms with Crippen molar-refractivity contribution < 1.29 is 5.11 Å². The first kappa shape index (κ1) is 16.3. The molecule has 1 aromatic carbocycles. The molecule has 1 aliphatic carbocycles. The molecule has 21 heavy (non-hydrogen) atoms. The van der Waals surface area contributed by atoms with Gasteiger partial charge in [-0.05, 0) is 45.3 Å². The molecular formula is C18H30N2O. The van der Waals surface area contributed by atoms with Crippen molar-refractivity contribution in [2.24, 2.45) is 5.92 Å². The average Bonchev–Trinajstić information content (AvgIpc) is 2.43. The predicted octanol–water partition coefficient (Wildman–Crippen LogP) is 3.30. The molecule has 2 rings (SSSR count). The third-order valence-electron chi connectivity index (χ3n) is 5.11. The lowest BCUT2D eigenvalue weighted by Gasteiger charge is -2.45. The van der Waals surface area contributed by atoms with Crippen molar-refractivity contribution in [3.05, 3.63) is 29.3 Å². The normalized spacial score (nSPS) is 26.2. The summed E-state index contributed by atoms with van der Waals surface area (Å²) in [6.45, 7) is 6.03. The van der Waals surface area contributed by atoms with E-state index >= 15 is 0 Å². The molecule has 0 spiro atoms. The van der Waals surface area contributed by atoms with E-state index < -0.39 is 0 Å². The zero-order valence-electron chi connectivity index (χ0n) is 13.9. The molecule has 0 aromatic heterocycles. The van der Waals surface area contributed by atoms with Gasteiger partial charge in [0.1, 0.15) is 5.75 Å². The second kappa shape index (κ2) is 6.80. The van der Waals surface area contributed by atoms with Gasteiger partial charge in [0.15, 0.2) is 0 Å². The minimum absolute atomic E-state index is 0.261. The second-order valence-corrected chi connectivity index (χ2v) is 7.01. The van der Waals surface area contributed by atoms with E-state index in [1.54, 1.807) is 0 Å². The third kappa shape index (κ3) is 3.78. The quantitative estimate of drug-likeness (QED) is 0.873. The Morgan fingerprint density at radius 3 is 2.81 bits per heavy atom.